The van der Waals surface area contributed by atoms with Crippen molar-refractivity contribution in [3.63, 3.8) is 0 Å². The van der Waals surface area contributed by atoms with Gasteiger partial charge in [-0.15, -0.1) is 0 Å². The van der Waals surface area contributed by atoms with E-state index < -0.39 is 0 Å². The highest BCUT2D eigenvalue weighted by Gasteiger charge is 2.03. The number of methoxy groups -OCH3 is 1. The minimum absolute atomic E-state index is 0.358. The van der Waals surface area contributed by atoms with Crippen LogP contribution >= 0.6 is 0 Å². The van der Waals surface area contributed by atoms with Crippen molar-refractivity contribution in [2.45, 2.75) is 6.42 Å². The summed E-state index contributed by atoms with van der Waals surface area (Å²) >= 11 is 0. The molecule has 64 valence electrons. The van der Waals surface area contributed by atoms with Gasteiger partial charge in [-0.1, -0.05) is 6.08 Å². The quantitative estimate of drug-likeness (QED) is 0.594. The van der Waals surface area contributed by atoms with Crippen LogP contribution < -0.4 is 5.73 Å². The molecule has 0 spiro atoms. The van der Waals surface area contributed by atoms with Gasteiger partial charge in [-0.05, 0) is 0 Å². The van der Waals surface area contributed by atoms with Gasteiger partial charge < -0.3 is 15.9 Å². The second-order valence-electron chi connectivity index (χ2n) is 2.32. The number of nitrogens with one attached hydrogen (secondary N) is 1. The summed E-state index contributed by atoms with van der Waals surface area (Å²) in [7, 11) is 1.58. The van der Waals surface area contributed by atoms with E-state index in [4.69, 9.17) is 15.9 Å². The minimum atomic E-state index is 0.358. The van der Waals surface area contributed by atoms with Crippen LogP contribution in [0.15, 0.2) is 28.6 Å². The van der Waals surface area contributed by atoms with Crippen molar-refractivity contribution in [1.29, 1.82) is 5.41 Å². The van der Waals surface area contributed by atoms with Crippen LogP contribution in [0.5, 0.6) is 0 Å². The summed E-state index contributed by atoms with van der Waals surface area (Å²) in [6, 6.07) is 0. The molecule has 0 radical (unpaired) electrons. The number of allylic oxidation sites excluding steroid dienone is 1. The SMILES string of the molecule is COC1=CN=C(N)C(C=N)=CC1. The van der Waals surface area contributed by atoms with E-state index in [1.165, 1.54) is 6.21 Å². The van der Waals surface area contributed by atoms with E-state index in [-0.39, 0.29) is 0 Å². The van der Waals surface area contributed by atoms with Crippen LogP contribution in [0.1, 0.15) is 6.42 Å². The van der Waals surface area contributed by atoms with Crippen molar-refractivity contribution in [3.8, 4) is 0 Å². The molecule has 0 unspecified atom stereocenters. The fourth-order valence-electron chi connectivity index (χ4n) is 0.853. The molecule has 0 amide bonds. The van der Waals surface area contributed by atoms with Crippen molar-refractivity contribution in [1.82, 2.24) is 0 Å². The maximum absolute atomic E-state index is 7.03. The standard InChI is InChI=1S/C8H11N3O/c1-12-7-3-2-6(4-9)8(10)11-5-7/h2,4-5,9H,3H2,1H3,(H2,10,11). The molecule has 1 rings (SSSR count). The Morgan fingerprint density at radius 1 is 1.75 bits per heavy atom. The Morgan fingerprint density at radius 2 is 2.50 bits per heavy atom. The van der Waals surface area contributed by atoms with Gasteiger partial charge in [0.15, 0.2) is 0 Å². The van der Waals surface area contributed by atoms with Gasteiger partial charge in [-0.2, -0.15) is 0 Å². The lowest BCUT2D eigenvalue weighted by atomic mass is 10.2. The fraction of sp³-hybridized carbons (Fsp3) is 0.250. The van der Waals surface area contributed by atoms with Crippen molar-refractivity contribution in [3.05, 3.63) is 23.6 Å². The van der Waals surface area contributed by atoms with Gasteiger partial charge in [0.2, 0.25) is 0 Å². The molecule has 0 aromatic carbocycles. The summed E-state index contributed by atoms with van der Waals surface area (Å²) in [5.41, 5.74) is 6.17. The van der Waals surface area contributed by atoms with E-state index in [1.54, 1.807) is 13.3 Å². The third-order valence-electron chi connectivity index (χ3n) is 1.58. The lowest BCUT2D eigenvalue weighted by Gasteiger charge is -1.98. The number of nitrogens with two attached hydrogens (primary N) is 1. The Balaban J connectivity index is 2.90. The largest absolute Gasteiger partial charge is 0.499 e. The first kappa shape index (κ1) is 8.52. The average molecular weight is 165 g/mol. The molecule has 1 aliphatic rings. The molecule has 0 fully saturated rings. The number of ether oxygens (including phenoxy) is 1. The molecule has 0 aliphatic carbocycles. The monoisotopic (exact) mass is 165 g/mol. The highest BCUT2D eigenvalue weighted by atomic mass is 16.5. The topological polar surface area (TPSA) is 71.5 Å². The number of hydrogen-bond acceptors (Lipinski definition) is 4. The minimum Gasteiger partial charge on any atom is -0.499 e. The van der Waals surface area contributed by atoms with Gasteiger partial charge in [0, 0.05) is 18.2 Å². The molecule has 4 nitrogen and oxygen atoms in total. The molecular weight excluding hydrogens is 154 g/mol. The zero-order chi connectivity index (χ0) is 8.97. The maximum Gasteiger partial charge on any atom is 0.131 e. The molecule has 3 N–H and O–H groups in total. The highest BCUT2D eigenvalue weighted by molar-refractivity contribution is 6.13. The summed E-state index contributed by atoms with van der Waals surface area (Å²) in [5.74, 6) is 1.10. The van der Waals surface area contributed by atoms with Gasteiger partial charge in [0.05, 0.1) is 13.3 Å². The predicted molar refractivity (Wildman–Crippen MR) is 48.2 cm³/mol. The van der Waals surface area contributed by atoms with Gasteiger partial charge in [-0.25, -0.2) is 4.99 Å². The van der Waals surface area contributed by atoms with Crippen molar-refractivity contribution >= 4 is 12.1 Å². The number of hydrogen-bond donors (Lipinski definition) is 2. The average Bonchev–Trinajstić information content (AvgIpc) is 2.27. The third kappa shape index (κ3) is 1.72. The first-order chi connectivity index (χ1) is 5.77. The lowest BCUT2D eigenvalue weighted by molar-refractivity contribution is 0.284. The highest BCUT2D eigenvalue weighted by Crippen LogP contribution is 2.09. The van der Waals surface area contributed by atoms with E-state index in [0.29, 0.717) is 17.8 Å². The van der Waals surface area contributed by atoms with Crippen LogP contribution in [0.3, 0.4) is 0 Å². The second kappa shape index (κ2) is 3.71. The molecule has 0 aromatic rings. The molecule has 0 bridgehead atoms. The molecular formula is C8H11N3O. The number of aliphatic imine (C=N–C) groups is 1. The Hall–Kier alpha value is -1.58. The van der Waals surface area contributed by atoms with Gasteiger partial charge in [-0.3, -0.25) is 0 Å². The zero-order valence-electron chi connectivity index (χ0n) is 6.87. The molecule has 12 heavy (non-hydrogen) atoms. The molecule has 1 aliphatic heterocycles. The lowest BCUT2D eigenvalue weighted by Crippen LogP contribution is -2.14. The Kier molecular flexibility index (Phi) is 2.63. The summed E-state index contributed by atoms with van der Waals surface area (Å²) < 4.78 is 4.99. The van der Waals surface area contributed by atoms with Crippen molar-refractivity contribution in [2.75, 3.05) is 7.11 Å². The summed E-state index contributed by atoms with van der Waals surface area (Å²) in [5, 5.41) is 7.03. The maximum atomic E-state index is 7.03. The molecule has 4 heteroatoms. The Bertz CT molecular complexity index is 276. The van der Waals surface area contributed by atoms with Crippen LogP contribution in [-0.4, -0.2) is 19.2 Å². The van der Waals surface area contributed by atoms with Gasteiger partial charge in [0.25, 0.3) is 0 Å². The number of amidine groups is 1. The van der Waals surface area contributed by atoms with Crippen LogP contribution in [0, 0.1) is 5.41 Å². The molecule has 0 atom stereocenters. The summed E-state index contributed by atoms with van der Waals surface area (Å²) in [6.07, 6.45) is 5.20. The molecule has 0 saturated carbocycles. The zero-order valence-corrected chi connectivity index (χ0v) is 6.87. The van der Waals surface area contributed by atoms with E-state index >= 15 is 0 Å². The van der Waals surface area contributed by atoms with Crippen LogP contribution in [-0.2, 0) is 4.74 Å². The number of nitrogens with zero attached hydrogens (tertiary/aromatic N) is 1. The normalized spacial score (nSPS) is 16.9. The van der Waals surface area contributed by atoms with Gasteiger partial charge in [0.1, 0.15) is 11.6 Å². The van der Waals surface area contributed by atoms with E-state index in [2.05, 4.69) is 4.99 Å². The first-order valence-corrected chi connectivity index (χ1v) is 3.55. The van der Waals surface area contributed by atoms with E-state index in [0.717, 1.165) is 5.76 Å². The van der Waals surface area contributed by atoms with Crippen molar-refractivity contribution in [2.24, 2.45) is 10.7 Å². The van der Waals surface area contributed by atoms with E-state index in [9.17, 15) is 0 Å². The van der Waals surface area contributed by atoms with Crippen molar-refractivity contribution < 1.29 is 4.74 Å². The fourth-order valence-corrected chi connectivity index (χ4v) is 0.853. The molecule has 1 heterocycles. The predicted octanol–water partition coefficient (Wildman–Crippen LogP) is 0.811. The van der Waals surface area contributed by atoms with Crippen LogP contribution in [0.4, 0.5) is 0 Å². The first-order valence-electron chi connectivity index (χ1n) is 3.55. The third-order valence-corrected chi connectivity index (χ3v) is 1.58. The molecule has 0 saturated heterocycles. The second-order valence-corrected chi connectivity index (χ2v) is 2.32. The van der Waals surface area contributed by atoms with E-state index in [1.807, 2.05) is 6.08 Å². The molecule has 0 aromatic heterocycles. The smallest absolute Gasteiger partial charge is 0.131 e. The summed E-state index contributed by atoms with van der Waals surface area (Å²) in [6.45, 7) is 0. The Labute approximate surface area is 70.9 Å². The number of rotatable bonds is 2. The Morgan fingerprint density at radius 3 is 3.08 bits per heavy atom. The van der Waals surface area contributed by atoms with Crippen LogP contribution in [0.2, 0.25) is 0 Å². The van der Waals surface area contributed by atoms with Gasteiger partial charge >= 0.3 is 0 Å². The summed E-state index contributed by atoms with van der Waals surface area (Å²) in [4.78, 5) is 3.92. The van der Waals surface area contributed by atoms with Crippen LogP contribution in [0.25, 0.3) is 0 Å².